The lowest BCUT2D eigenvalue weighted by Crippen LogP contribution is -2.38. The minimum Gasteiger partial charge on any atom is -0.326 e. The first-order valence-corrected chi connectivity index (χ1v) is 7.53. The van der Waals surface area contributed by atoms with Gasteiger partial charge in [-0.05, 0) is 36.9 Å². The number of nitrogens with two attached hydrogens (primary N) is 1. The van der Waals surface area contributed by atoms with Crippen LogP contribution >= 0.6 is 0 Å². The van der Waals surface area contributed by atoms with Crippen LogP contribution in [-0.2, 0) is 11.3 Å². The van der Waals surface area contributed by atoms with Gasteiger partial charge in [0.05, 0.1) is 6.54 Å². The number of nitrogens with one attached hydrogen (secondary N) is 1. The van der Waals surface area contributed by atoms with Gasteiger partial charge in [-0.2, -0.15) is 0 Å². The van der Waals surface area contributed by atoms with E-state index in [4.69, 9.17) is 5.73 Å². The van der Waals surface area contributed by atoms with Gasteiger partial charge in [-0.3, -0.25) is 9.69 Å². The Bertz CT molecular complexity index is 443. The maximum atomic E-state index is 12.1. The van der Waals surface area contributed by atoms with Crippen molar-refractivity contribution < 1.29 is 4.79 Å². The molecule has 0 heterocycles. The fourth-order valence-electron chi connectivity index (χ4n) is 2.56. The molecule has 1 aliphatic rings. The zero-order valence-corrected chi connectivity index (χ0v) is 12.3. The second kappa shape index (κ2) is 7.41. The molecule has 20 heavy (non-hydrogen) atoms. The SMILES string of the molecule is CCN(CC(=O)Nc1ccccc1CN)CC1CCC1. The summed E-state index contributed by atoms with van der Waals surface area (Å²) in [6, 6.07) is 7.71. The first-order valence-electron chi connectivity index (χ1n) is 7.53. The van der Waals surface area contributed by atoms with Gasteiger partial charge < -0.3 is 11.1 Å². The molecule has 0 saturated heterocycles. The molecule has 0 aliphatic heterocycles. The van der Waals surface area contributed by atoms with Crippen molar-refractivity contribution in [2.75, 3.05) is 25.0 Å². The number of rotatable bonds is 7. The molecule has 2 rings (SSSR count). The summed E-state index contributed by atoms with van der Waals surface area (Å²) in [7, 11) is 0. The van der Waals surface area contributed by atoms with Gasteiger partial charge in [0.2, 0.25) is 5.91 Å². The van der Waals surface area contributed by atoms with Gasteiger partial charge in [0, 0.05) is 18.8 Å². The molecule has 4 heteroatoms. The van der Waals surface area contributed by atoms with Gasteiger partial charge in [0.1, 0.15) is 0 Å². The smallest absolute Gasteiger partial charge is 0.238 e. The van der Waals surface area contributed by atoms with Crippen LogP contribution in [0, 0.1) is 5.92 Å². The Morgan fingerprint density at radius 3 is 2.75 bits per heavy atom. The maximum Gasteiger partial charge on any atom is 0.238 e. The lowest BCUT2D eigenvalue weighted by atomic mass is 9.85. The molecular formula is C16H25N3O. The number of anilines is 1. The van der Waals surface area contributed by atoms with Crippen LogP contribution in [0.15, 0.2) is 24.3 Å². The molecule has 1 aromatic rings. The van der Waals surface area contributed by atoms with Crippen molar-refractivity contribution >= 4 is 11.6 Å². The molecule has 1 aromatic carbocycles. The van der Waals surface area contributed by atoms with E-state index in [1.165, 1.54) is 19.3 Å². The quantitative estimate of drug-likeness (QED) is 0.802. The van der Waals surface area contributed by atoms with Gasteiger partial charge in [-0.1, -0.05) is 31.5 Å². The van der Waals surface area contributed by atoms with E-state index in [1.54, 1.807) is 0 Å². The van der Waals surface area contributed by atoms with Gasteiger partial charge in [-0.15, -0.1) is 0 Å². The predicted octanol–water partition coefficient (Wildman–Crippen LogP) is 2.21. The minimum atomic E-state index is 0.0482. The maximum absolute atomic E-state index is 12.1. The van der Waals surface area contributed by atoms with E-state index in [2.05, 4.69) is 17.1 Å². The number of hydrogen-bond acceptors (Lipinski definition) is 3. The lowest BCUT2D eigenvalue weighted by molar-refractivity contribution is -0.117. The van der Waals surface area contributed by atoms with E-state index < -0.39 is 0 Å². The number of carbonyl (C=O) groups excluding carboxylic acids is 1. The van der Waals surface area contributed by atoms with Crippen LogP contribution < -0.4 is 11.1 Å². The molecule has 1 amide bonds. The van der Waals surface area contributed by atoms with Crippen LogP contribution in [0.1, 0.15) is 31.7 Å². The summed E-state index contributed by atoms with van der Waals surface area (Å²) < 4.78 is 0. The van der Waals surface area contributed by atoms with E-state index in [0.717, 1.165) is 30.3 Å². The number of benzene rings is 1. The van der Waals surface area contributed by atoms with Crippen molar-refractivity contribution in [2.45, 2.75) is 32.7 Å². The third kappa shape index (κ3) is 4.05. The highest BCUT2D eigenvalue weighted by molar-refractivity contribution is 5.92. The third-order valence-corrected chi connectivity index (χ3v) is 4.07. The summed E-state index contributed by atoms with van der Waals surface area (Å²) >= 11 is 0. The van der Waals surface area contributed by atoms with Gasteiger partial charge >= 0.3 is 0 Å². The standard InChI is InChI=1S/C16H25N3O/c1-2-19(11-13-6-5-7-13)12-16(20)18-15-9-4-3-8-14(15)10-17/h3-4,8-9,13H,2,5-7,10-12,17H2,1H3,(H,18,20). The summed E-state index contributed by atoms with van der Waals surface area (Å²) in [6.07, 6.45) is 3.97. The van der Waals surface area contributed by atoms with Crippen LogP contribution in [0.3, 0.4) is 0 Å². The van der Waals surface area contributed by atoms with E-state index in [1.807, 2.05) is 24.3 Å². The Labute approximate surface area is 121 Å². The Hall–Kier alpha value is -1.39. The molecule has 0 bridgehead atoms. The summed E-state index contributed by atoms with van der Waals surface area (Å²) in [5, 5.41) is 2.97. The van der Waals surface area contributed by atoms with Crippen molar-refractivity contribution in [3.05, 3.63) is 29.8 Å². The molecule has 0 aromatic heterocycles. The number of likely N-dealkylation sites (N-methyl/N-ethyl adjacent to an activating group) is 1. The molecule has 1 aliphatic carbocycles. The van der Waals surface area contributed by atoms with E-state index in [9.17, 15) is 4.79 Å². The number of carbonyl (C=O) groups is 1. The average molecular weight is 275 g/mol. The van der Waals surface area contributed by atoms with Crippen molar-refractivity contribution in [3.8, 4) is 0 Å². The van der Waals surface area contributed by atoms with Crippen molar-refractivity contribution in [3.63, 3.8) is 0 Å². The highest BCUT2D eigenvalue weighted by Crippen LogP contribution is 2.27. The molecule has 0 unspecified atom stereocenters. The topological polar surface area (TPSA) is 58.4 Å². The molecule has 0 spiro atoms. The molecule has 4 nitrogen and oxygen atoms in total. The van der Waals surface area contributed by atoms with Gasteiger partial charge in [0.15, 0.2) is 0 Å². The predicted molar refractivity (Wildman–Crippen MR) is 82.4 cm³/mol. The average Bonchev–Trinajstić information content (AvgIpc) is 2.42. The number of hydrogen-bond donors (Lipinski definition) is 2. The number of amides is 1. The van der Waals surface area contributed by atoms with Gasteiger partial charge in [-0.25, -0.2) is 0 Å². The van der Waals surface area contributed by atoms with Crippen LogP contribution in [-0.4, -0.2) is 30.4 Å². The normalized spacial score (nSPS) is 15.2. The van der Waals surface area contributed by atoms with Crippen molar-refractivity contribution in [1.82, 2.24) is 4.90 Å². The number of nitrogens with zero attached hydrogens (tertiary/aromatic N) is 1. The van der Waals surface area contributed by atoms with E-state index in [-0.39, 0.29) is 5.91 Å². The van der Waals surface area contributed by atoms with E-state index >= 15 is 0 Å². The third-order valence-electron chi connectivity index (χ3n) is 4.07. The van der Waals surface area contributed by atoms with Crippen molar-refractivity contribution in [2.24, 2.45) is 11.7 Å². The first-order chi connectivity index (χ1) is 9.72. The highest BCUT2D eigenvalue weighted by atomic mass is 16.2. The largest absolute Gasteiger partial charge is 0.326 e. The Balaban J connectivity index is 1.86. The van der Waals surface area contributed by atoms with Crippen LogP contribution in [0.5, 0.6) is 0 Å². The highest BCUT2D eigenvalue weighted by Gasteiger charge is 2.21. The zero-order valence-electron chi connectivity index (χ0n) is 12.3. The number of para-hydroxylation sites is 1. The van der Waals surface area contributed by atoms with E-state index in [0.29, 0.717) is 13.1 Å². The van der Waals surface area contributed by atoms with Crippen LogP contribution in [0.4, 0.5) is 5.69 Å². The lowest BCUT2D eigenvalue weighted by Gasteiger charge is -2.31. The molecule has 0 radical (unpaired) electrons. The molecule has 1 fully saturated rings. The Kier molecular flexibility index (Phi) is 5.56. The Morgan fingerprint density at radius 1 is 1.40 bits per heavy atom. The second-order valence-electron chi connectivity index (χ2n) is 5.53. The molecule has 3 N–H and O–H groups in total. The molecule has 1 saturated carbocycles. The van der Waals surface area contributed by atoms with Crippen LogP contribution in [0.25, 0.3) is 0 Å². The summed E-state index contributed by atoms with van der Waals surface area (Å²) in [5.41, 5.74) is 7.49. The van der Waals surface area contributed by atoms with Gasteiger partial charge in [0.25, 0.3) is 0 Å². The molecule has 110 valence electrons. The zero-order chi connectivity index (χ0) is 14.4. The summed E-state index contributed by atoms with van der Waals surface area (Å²) in [4.78, 5) is 14.4. The summed E-state index contributed by atoms with van der Waals surface area (Å²) in [6.45, 7) is 4.98. The fourth-order valence-corrected chi connectivity index (χ4v) is 2.56. The molecule has 0 atom stereocenters. The fraction of sp³-hybridized carbons (Fsp3) is 0.562. The monoisotopic (exact) mass is 275 g/mol. The Morgan fingerprint density at radius 2 is 2.15 bits per heavy atom. The van der Waals surface area contributed by atoms with Crippen LogP contribution in [0.2, 0.25) is 0 Å². The van der Waals surface area contributed by atoms with Crippen molar-refractivity contribution in [1.29, 1.82) is 0 Å². The summed E-state index contributed by atoms with van der Waals surface area (Å²) in [5.74, 6) is 0.839. The minimum absolute atomic E-state index is 0.0482. The first kappa shape index (κ1) is 15.0. The molecular weight excluding hydrogens is 250 g/mol. The second-order valence-corrected chi connectivity index (χ2v) is 5.53.